The first kappa shape index (κ1) is 23.6. The Labute approximate surface area is 168 Å². The van der Waals surface area contributed by atoms with Crippen LogP contribution in [0.2, 0.25) is 0 Å². The van der Waals surface area contributed by atoms with Crippen LogP contribution >= 0.6 is 0 Å². The highest BCUT2D eigenvalue weighted by Gasteiger charge is 2.50. The Morgan fingerprint density at radius 3 is 2.41 bits per heavy atom. The Kier molecular flexibility index (Phi) is 8.92. The number of carbonyl (C=O) groups excluding carboxylic acids is 1. The van der Waals surface area contributed by atoms with E-state index in [1.165, 1.54) is 6.92 Å². The Balaban J connectivity index is 2.33. The van der Waals surface area contributed by atoms with E-state index in [9.17, 15) is 22.9 Å². The standard InChI is InChI=1S/C17H25NO10S/c1-11(21)18-14-16(28-29(22,23)24)15(26-10-12-5-3-2-4-6-12)13(9-20)27-17(14)25-8-7-19/h2-6,13-17,19-20H,7-10H2,1H3,(H,18,21)(H,22,23,24)/t13-,14-,15-,16-,17+/m1/s1. The van der Waals surface area contributed by atoms with Gasteiger partial charge in [-0.3, -0.25) is 9.35 Å². The van der Waals surface area contributed by atoms with Crippen molar-refractivity contribution in [2.75, 3.05) is 19.8 Å². The molecule has 1 saturated heterocycles. The lowest BCUT2D eigenvalue weighted by atomic mass is 9.96. The number of carbonyl (C=O) groups is 1. The molecule has 1 fully saturated rings. The summed E-state index contributed by atoms with van der Waals surface area (Å²) >= 11 is 0. The number of nitrogens with one attached hydrogen (secondary N) is 1. The summed E-state index contributed by atoms with van der Waals surface area (Å²) in [5, 5.41) is 21.2. The molecule has 12 heteroatoms. The molecule has 0 bridgehead atoms. The van der Waals surface area contributed by atoms with Gasteiger partial charge in [-0.2, -0.15) is 8.42 Å². The highest BCUT2D eigenvalue weighted by molar-refractivity contribution is 7.80. The summed E-state index contributed by atoms with van der Waals surface area (Å²) < 4.78 is 53.6. The third kappa shape index (κ3) is 7.28. The number of ether oxygens (including phenoxy) is 3. The van der Waals surface area contributed by atoms with Gasteiger partial charge in [0.15, 0.2) is 6.29 Å². The van der Waals surface area contributed by atoms with Crippen LogP contribution in [0, 0.1) is 0 Å². The summed E-state index contributed by atoms with van der Waals surface area (Å²) in [6.45, 7) is 0.0645. The average molecular weight is 435 g/mol. The van der Waals surface area contributed by atoms with Crippen molar-refractivity contribution in [1.82, 2.24) is 5.32 Å². The van der Waals surface area contributed by atoms with Gasteiger partial charge < -0.3 is 29.7 Å². The molecule has 1 aliphatic rings. The number of rotatable bonds is 10. The van der Waals surface area contributed by atoms with Crippen molar-refractivity contribution in [3.8, 4) is 0 Å². The SMILES string of the molecule is CC(=O)N[C@H]1[C@@H](OCCO)O[C@H](CO)[C@@H](OCc2ccccc2)[C@@H]1OS(=O)(=O)O. The van der Waals surface area contributed by atoms with Crippen molar-refractivity contribution in [1.29, 1.82) is 0 Å². The quantitative estimate of drug-likeness (QED) is 0.335. The predicted octanol–water partition coefficient (Wildman–Crippen LogP) is -1.01. The third-order valence-electron chi connectivity index (χ3n) is 4.09. The van der Waals surface area contributed by atoms with Gasteiger partial charge in [-0.25, -0.2) is 4.18 Å². The summed E-state index contributed by atoms with van der Waals surface area (Å²) in [6, 6.07) is 7.70. The fourth-order valence-electron chi connectivity index (χ4n) is 2.97. The van der Waals surface area contributed by atoms with E-state index in [-0.39, 0.29) is 19.8 Å². The van der Waals surface area contributed by atoms with Crippen molar-refractivity contribution in [2.45, 2.75) is 44.2 Å². The molecule has 164 valence electrons. The number of hydrogen-bond donors (Lipinski definition) is 4. The predicted molar refractivity (Wildman–Crippen MR) is 97.8 cm³/mol. The zero-order chi connectivity index (χ0) is 21.4. The zero-order valence-electron chi connectivity index (χ0n) is 15.7. The van der Waals surface area contributed by atoms with Crippen LogP contribution in [-0.4, -0.2) is 79.6 Å². The maximum atomic E-state index is 11.7. The first-order chi connectivity index (χ1) is 13.7. The van der Waals surface area contributed by atoms with E-state index in [2.05, 4.69) is 5.32 Å². The number of hydrogen-bond acceptors (Lipinski definition) is 9. The normalized spacial score (nSPS) is 27.5. The number of benzene rings is 1. The lowest BCUT2D eigenvalue weighted by Gasteiger charge is -2.44. The van der Waals surface area contributed by atoms with Gasteiger partial charge >= 0.3 is 10.4 Å². The molecule has 1 heterocycles. The van der Waals surface area contributed by atoms with Crippen LogP contribution in [-0.2, 0) is 40.2 Å². The van der Waals surface area contributed by atoms with Crippen LogP contribution in [0.5, 0.6) is 0 Å². The van der Waals surface area contributed by atoms with E-state index in [4.69, 9.17) is 23.5 Å². The van der Waals surface area contributed by atoms with Gasteiger partial charge in [0, 0.05) is 6.92 Å². The van der Waals surface area contributed by atoms with Crippen LogP contribution in [0.4, 0.5) is 0 Å². The Hall–Kier alpha value is -1.64. The minimum Gasteiger partial charge on any atom is -0.394 e. The largest absolute Gasteiger partial charge is 0.397 e. The van der Waals surface area contributed by atoms with Gasteiger partial charge in [-0.15, -0.1) is 0 Å². The van der Waals surface area contributed by atoms with E-state index in [0.29, 0.717) is 0 Å². The molecule has 0 saturated carbocycles. The molecule has 0 unspecified atom stereocenters. The van der Waals surface area contributed by atoms with Crippen LogP contribution < -0.4 is 5.32 Å². The molecule has 0 radical (unpaired) electrons. The van der Waals surface area contributed by atoms with E-state index >= 15 is 0 Å². The van der Waals surface area contributed by atoms with E-state index < -0.39 is 53.6 Å². The maximum absolute atomic E-state index is 11.7. The molecule has 1 aromatic rings. The fraction of sp³-hybridized carbons (Fsp3) is 0.588. The summed E-state index contributed by atoms with van der Waals surface area (Å²) in [5.74, 6) is -0.551. The third-order valence-corrected chi connectivity index (χ3v) is 4.55. The number of amides is 1. The molecular weight excluding hydrogens is 410 g/mol. The van der Waals surface area contributed by atoms with Gasteiger partial charge in [-0.05, 0) is 5.56 Å². The highest BCUT2D eigenvalue weighted by atomic mass is 32.3. The zero-order valence-corrected chi connectivity index (χ0v) is 16.5. The van der Waals surface area contributed by atoms with Gasteiger partial charge in [-0.1, -0.05) is 30.3 Å². The molecule has 29 heavy (non-hydrogen) atoms. The molecular formula is C17H25NO10S. The van der Waals surface area contributed by atoms with E-state index in [0.717, 1.165) is 5.56 Å². The molecule has 0 aliphatic carbocycles. The fourth-order valence-corrected chi connectivity index (χ4v) is 3.48. The molecule has 0 spiro atoms. The van der Waals surface area contributed by atoms with Crippen molar-refractivity contribution < 1.29 is 46.4 Å². The second kappa shape index (κ2) is 10.9. The minimum absolute atomic E-state index is 0.0195. The lowest BCUT2D eigenvalue weighted by Crippen LogP contribution is -2.66. The second-order valence-corrected chi connectivity index (χ2v) is 7.34. The molecule has 2 rings (SSSR count). The molecule has 4 N–H and O–H groups in total. The average Bonchev–Trinajstić information content (AvgIpc) is 2.66. The lowest BCUT2D eigenvalue weighted by molar-refractivity contribution is -0.277. The van der Waals surface area contributed by atoms with Gasteiger partial charge in [0.05, 0.1) is 26.4 Å². The van der Waals surface area contributed by atoms with Crippen molar-refractivity contribution in [3.05, 3.63) is 35.9 Å². The summed E-state index contributed by atoms with van der Waals surface area (Å²) in [6.07, 6.45) is -5.04. The molecule has 0 aromatic heterocycles. The first-order valence-electron chi connectivity index (χ1n) is 8.82. The van der Waals surface area contributed by atoms with Gasteiger partial charge in [0.25, 0.3) is 0 Å². The summed E-state index contributed by atoms with van der Waals surface area (Å²) in [5.41, 5.74) is 0.754. The molecule has 1 aliphatic heterocycles. The van der Waals surface area contributed by atoms with Crippen LogP contribution in [0.15, 0.2) is 30.3 Å². The monoisotopic (exact) mass is 435 g/mol. The van der Waals surface area contributed by atoms with E-state index in [1.807, 2.05) is 6.07 Å². The molecule has 1 aromatic carbocycles. The Morgan fingerprint density at radius 1 is 1.17 bits per heavy atom. The van der Waals surface area contributed by atoms with Crippen LogP contribution in [0.25, 0.3) is 0 Å². The second-order valence-electron chi connectivity index (χ2n) is 6.30. The minimum atomic E-state index is -4.96. The van der Waals surface area contributed by atoms with Crippen molar-refractivity contribution in [3.63, 3.8) is 0 Å². The summed E-state index contributed by atoms with van der Waals surface area (Å²) in [7, 11) is -4.96. The maximum Gasteiger partial charge on any atom is 0.397 e. The van der Waals surface area contributed by atoms with Crippen LogP contribution in [0.1, 0.15) is 12.5 Å². The smallest absolute Gasteiger partial charge is 0.394 e. The summed E-state index contributed by atoms with van der Waals surface area (Å²) in [4.78, 5) is 11.7. The van der Waals surface area contributed by atoms with Crippen molar-refractivity contribution >= 4 is 16.3 Å². The molecule has 1 amide bonds. The Bertz CT molecular complexity index is 744. The van der Waals surface area contributed by atoms with Crippen molar-refractivity contribution in [2.24, 2.45) is 0 Å². The molecule has 5 atom stereocenters. The van der Waals surface area contributed by atoms with Crippen LogP contribution in [0.3, 0.4) is 0 Å². The topological polar surface area (TPSA) is 161 Å². The highest BCUT2D eigenvalue weighted by Crippen LogP contribution is 2.28. The van der Waals surface area contributed by atoms with E-state index in [1.54, 1.807) is 24.3 Å². The Morgan fingerprint density at radius 2 is 1.86 bits per heavy atom. The first-order valence-corrected chi connectivity index (χ1v) is 10.2. The van der Waals surface area contributed by atoms with Gasteiger partial charge in [0.1, 0.15) is 24.4 Å². The number of aliphatic hydroxyl groups excluding tert-OH is 2. The molecule has 11 nitrogen and oxygen atoms in total. The number of aliphatic hydroxyl groups is 2. The van der Waals surface area contributed by atoms with Gasteiger partial charge in [0.2, 0.25) is 5.91 Å².